The number of carbonyl (C=O) groups excluding carboxylic acids is 2. The van der Waals surface area contributed by atoms with Crippen LogP contribution in [0.15, 0.2) is 59.7 Å². The molecule has 5 heterocycles. The molecule has 3 aliphatic rings. The van der Waals surface area contributed by atoms with Gasteiger partial charge in [0.1, 0.15) is 11.7 Å². The van der Waals surface area contributed by atoms with Crippen molar-refractivity contribution in [2.75, 3.05) is 51.3 Å². The minimum Gasteiger partial charge on any atom is -0.393 e. The highest BCUT2D eigenvalue weighted by Gasteiger charge is 2.31. The number of fused-ring (bicyclic) bond motifs is 2. The van der Waals surface area contributed by atoms with Gasteiger partial charge in [0, 0.05) is 88.8 Å². The average molecular weight is 856 g/mol. The molecule has 8 rings (SSSR count). The molecule has 0 spiro atoms. The number of hydrogen-bond donors (Lipinski definition) is 3. The number of nitrogens with one attached hydrogen (secondary N) is 2. The largest absolute Gasteiger partial charge is 0.393 e. The summed E-state index contributed by atoms with van der Waals surface area (Å²) in [7, 11) is 1.72. The van der Waals surface area contributed by atoms with Gasteiger partial charge in [-0.3, -0.25) is 28.9 Å². The molecule has 1 saturated carbocycles. The maximum atomic E-state index is 13.3. The van der Waals surface area contributed by atoms with Crippen LogP contribution in [-0.4, -0.2) is 115 Å². The lowest BCUT2D eigenvalue weighted by Gasteiger charge is -2.34. The molecule has 2 amide bonds. The molecule has 2 atom stereocenters. The number of piperazine rings is 1. The van der Waals surface area contributed by atoms with Crippen LogP contribution in [0.2, 0.25) is 0 Å². The van der Waals surface area contributed by atoms with Crippen molar-refractivity contribution in [1.29, 1.82) is 0 Å². The molecule has 0 bridgehead atoms. The molecular formula is C46H59F2N9O5. The van der Waals surface area contributed by atoms with E-state index in [0.717, 1.165) is 130 Å². The van der Waals surface area contributed by atoms with Gasteiger partial charge >= 0.3 is 5.69 Å². The van der Waals surface area contributed by atoms with Crippen LogP contribution in [0.1, 0.15) is 87.9 Å². The van der Waals surface area contributed by atoms with Crippen molar-refractivity contribution in [3.05, 3.63) is 76.5 Å². The zero-order chi connectivity index (χ0) is 43.3. The SMILES string of the molecule is C[C@H](Nc1ncc2c(-c3ccc(CN4CCN(CCCCOCCCc5ccc6c(c5)n(C)c(=O)n6C5CCC(=O)NC5=O)CC4)cc3)cn(C3CCC(O)CC3)c2n1)C(F)F. The first kappa shape index (κ1) is 43.6. The summed E-state index contributed by atoms with van der Waals surface area (Å²) in [4.78, 5) is 51.4. The van der Waals surface area contributed by atoms with Gasteiger partial charge in [0.05, 0.1) is 23.2 Å². The molecule has 1 unspecified atom stereocenters. The third-order valence-electron chi connectivity index (χ3n) is 12.9. The van der Waals surface area contributed by atoms with Gasteiger partial charge in [-0.25, -0.2) is 18.6 Å². The summed E-state index contributed by atoms with van der Waals surface area (Å²) >= 11 is 0. The molecule has 5 aromatic rings. The summed E-state index contributed by atoms with van der Waals surface area (Å²) in [6.07, 6.45) is 8.46. The number of unbranched alkanes of at least 4 members (excludes halogenated alkanes) is 1. The standard InChI is InChI=1S/C46H59F2N9O5/c1-30(42(47)48)50-45-49-27-36-37(29-56(43(36)52-45)34-12-14-35(58)15-13-34)33-10-7-32(8-11-33)28-55-22-20-54(21-23-55)19-3-4-24-62-25-5-6-31-9-16-38-40(26-31)53(2)46(61)57(38)39-17-18-41(59)51-44(39)60/h7-11,16,26-27,29-30,34-35,39,42,58H,3-6,12-15,17-25,28H2,1-2H3,(H,49,50,52)(H,51,59,60)/t30-,34?,35?,39?/m0/s1. The number of piperidine rings is 1. The summed E-state index contributed by atoms with van der Waals surface area (Å²) in [6, 6.07) is 13.0. The molecule has 2 saturated heterocycles. The summed E-state index contributed by atoms with van der Waals surface area (Å²) in [5.74, 6) is -0.543. The van der Waals surface area contributed by atoms with E-state index in [1.165, 1.54) is 17.1 Å². The summed E-state index contributed by atoms with van der Waals surface area (Å²) in [5, 5.41) is 16.1. The second kappa shape index (κ2) is 19.6. The highest BCUT2D eigenvalue weighted by molar-refractivity contribution is 6.00. The molecule has 2 aromatic carbocycles. The monoisotopic (exact) mass is 855 g/mol. The minimum absolute atomic E-state index is 0.166. The number of benzene rings is 2. The Bertz CT molecular complexity index is 2400. The second-order valence-corrected chi connectivity index (χ2v) is 17.4. The van der Waals surface area contributed by atoms with E-state index in [4.69, 9.17) is 9.72 Å². The Morgan fingerprint density at radius 2 is 1.63 bits per heavy atom. The fraction of sp³-hybridized carbons (Fsp3) is 0.543. The lowest BCUT2D eigenvalue weighted by Crippen LogP contribution is -2.46. The predicted octanol–water partition coefficient (Wildman–Crippen LogP) is 5.82. The van der Waals surface area contributed by atoms with Crippen molar-refractivity contribution in [3.63, 3.8) is 0 Å². The number of aromatic nitrogens is 5. The number of imide groups is 1. The van der Waals surface area contributed by atoms with Gasteiger partial charge in [-0.05, 0) is 100 Å². The molecular weight excluding hydrogens is 797 g/mol. The minimum atomic E-state index is -2.53. The Balaban J connectivity index is 0.755. The van der Waals surface area contributed by atoms with Crippen LogP contribution in [0.4, 0.5) is 14.7 Å². The number of halogens is 2. The first-order chi connectivity index (χ1) is 30.0. The normalized spacial score (nSPS) is 21.0. The quantitative estimate of drug-likeness (QED) is 0.0772. The smallest absolute Gasteiger partial charge is 0.329 e. The number of imidazole rings is 1. The molecule has 62 heavy (non-hydrogen) atoms. The number of anilines is 1. The Kier molecular flexibility index (Phi) is 13.8. The van der Waals surface area contributed by atoms with E-state index < -0.39 is 24.4 Å². The number of aliphatic hydroxyl groups excluding tert-OH is 1. The van der Waals surface area contributed by atoms with Gasteiger partial charge in [0.25, 0.3) is 6.43 Å². The van der Waals surface area contributed by atoms with Crippen LogP contribution in [0.3, 0.4) is 0 Å². The van der Waals surface area contributed by atoms with E-state index >= 15 is 0 Å². The summed E-state index contributed by atoms with van der Waals surface area (Å²) < 4.78 is 37.8. The van der Waals surface area contributed by atoms with Gasteiger partial charge in [0.2, 0.25) is 17.8 Å². The van der Waals surface area contributed by atoms with E-state index in [2.05, 4.69) is 60.4 Å². The summed E-state index contributed by atoms with van der Waals surface area (Å²) in [6.45, 7) is 8.87. The Labute approximate surface area is 360 Å². The van der Waals surface area contributed by atoms with Crippen molar-refractivity contribution in [2.45, 2.75) is 108 Å². The van der Waals surface area contributed by atoms with Crippen LogP contribution in [0, 0.1) is 0 Å². The van der Waals surface area contributed by atoms with Crippen LogP contribution in [0.5, 0.6) is 0 Å². The highest BCUT2D eigenvalue weighted by atomic mass is 19.3. The van der Waals surface area contributed by atoms with Crippen molar-refractivity contribution in [1.82, 2.24) is 38.8 Å². The summed E-state index contributed by atoms with van der Waals surface area (Å²) in [5.41, 5.74) is 6.36. The number of amides is 2. The molecule has 2 aliphatic heterocycles. The van der Waals surface area contributed by atoms with E-state index in [0.29, 0.717) is 18.5 Å². The topological polar surface area (TPSA) is 152 Å². The zero-order valence-corrected chi connectivity index (χ0v) is 35.8. The third-order valence-corrected chi connectivity index (χ3v) is 12.9. The van der Waals surface area contributed by atoms with Crippen LogP contribution in [0.25, 0.3) is 33.2 Å². The van der Waals surface area contributed by atoms with Crippen molar-refractivity contribution in [3.8, 4) is 11.1 Å². The number of ether oxygens (including phenoxy) is 1. The van der Waals surface area contributed by atoms with Crippen LogP contribution >= 0.6 is 0 Å². The van der Waals surface area contributed by atoms with Crippen LogP contribution in [-0.2, 0) is 34.3 Å². The first-order valence-electron chi connectivity index (χ1n) is 22.3. The third kappa shape index (κ3) is 9.93. The van der Waals surface area contributed by atoms with Gasteiger partial charge < -0.3 is 24.6 Å². The average Bonchev–Trinajstić information content (AvgIpc) is 3.76. The maximum Gasteiger partial charge on any atom is 0.329 e. The van der Waals surface area contributed by atoms with Gasteiger partial charge in [-0.1, -0.05) is 30.3 Å². The Morgan fingerprint density at radius 1 is 0.903 bits per heavy atom. The number of hydrogen-bond acceptors (Lipinski definition) is 10. The van der Waals surface area contributed by atoms with Gasteiger partial charge in [0.15, 0.2) is 0 Å². The molecule has 332 valence electrons. The number of nitrogens with zero attached hydrogens (tertiary/aromatic N) is 7. The Morgan fingerprint density at radius 3 is 2.37 bits per heavy atom. The zero-order valence-electron chi connectivity index (χ0n) is 35.8. The van der Waals surface area contributed by atoms with Gasteiger partial charge in [-0.2, -0.15) is 4.98 Å². The highest BCUT2D eigenvalue weighted by Crippen LogP contribution is 2.37. The predicted molar refractivity (Wildman–Crippen MR) is 234 cm³/mol. The number of aryl methyl sites for hydroxylation is 2. The molecule has 3 aromatic heterocycles. The van der Waals surface area contributed by atoms with Crippen LogP contribution < -0.4 is 16.3 Å². The van der Waals surface area contributed by atoms with Crippen molar-refractivity contribution in [2.24, 2.45) is 7.05 Å². The second-order valence-electron chi connectivity index (χ2n) is 17.4. The molecule has 3 fully saturated rings. The van der Waals surface area contributed by atoms with Gasteiger partial charge in [-0.15, -0.1) is 0 Å². The first-order valence-corrected chi connectivity index (χ1v) is 22.3. The van der Waals surface area contributed by atoms with E-state index in [-0.39, 0.29) is 36.1 Å². The van der Waals surface area contributed by atoms with E-state index in [1.54, 1.807) is 17.8 Å². The fourth-order valence-electron chi connectivity index (χ4n) is 9.24. The fourth-order valence-corrected chi connectivity index (χ4v) is 9.24. The van der Waals surface area contributed by atoms with Crippen molar-refractivity contribution >= 4 is 39.8 Å². The molecule has 1 aliphatic carbocycles. The number of alkyl halides is 2. The number of carbonyl (C=O) groups is 2. The number of aliphatic hydroxyl groups is 1. The molecule has 3 N–H and O–H groups in total. The lowest BCUT2D eigenvalue weighted by molar-refractivity contribution is -0.135. The molecule has 0 radical (unpaired) electrons. The lowest BCUT2D eigenvalue weighted by atomic mass is 9.93. The van der Waals surface area contributed by atoms with Crippen molar-refractivity contribution < 1.29 is 28.2 Å². The maximum absolute atomic E-state index is 13.3. The molecule has 14 nitrogen and oxygen atoms in total. The Hall–Kier alpha value is -5.03. The van der Waals surface area contributed by atoms with E-state index in [1.807, 2.05) is 18.2 Å². The van der Waals surface area contributed by atoms with E-state index in [9.17, 15) is 28.3 Å². The number of rotatable bonds is 17. The molecule has 16 heteroatoms.